The van der Waals surface area contributed by atoms with Gasteiger partial charge < -0.3 is 22.9 Å². The number of benzene rings is 9. The fourth-order valence-electron chi connectivity index (χ4n) is 15.1. The van der Waals surface area contributed by atoms with Crippen LogP contribution in [0.25, 0.3) is 161 Å². The maximum Gasteiger partial charge on any atom is 0.239 e. The molecule has 0 bridgehead atoms. The van der Waals surface area contributed by atoms with Crippen LogP contribution in [0.3, 0.4) is 0 Å². The van der Waals surface area contributed by atoms with E-state index in [0.29, 0.717) is 44.9 Å². The summed E-state index contributed by atoms with van der Waals surface area (Å²) in [4.78, 5) is 71.2. The minimum atomic E-state index is -0.806. The molecule has 11 aromatic heterocycles. The van der Waals surface area contributed by atoms with Crippen LogP contribution >= 0.6 is 23.2 Å². The van der Waals surface area contributed by atoms with Crippen LogP contribution in [-0.2, 0) is 45.4 Å². The monoisotopic (exact) mass is 1800 g/mol. The van der Waals surface area contributed by atoms with Crippen molar-refractivity contribution in [3.8, 4) is 112 Å². The van der Waals surface area contributed by atoms with Crippen molar-refractivity contribution >= 4 is 96.1 Å². The molecular weight excluding hydrogens is 1730 g/mol. The highest BCUT2D eigenvalue weighted by Gasteiger charge is 2.22. The molecule has 24 nitrogen and oxygen atoms in total. The molecule has 132 heavy (non-hydrogen) atoms. The Kier molecular flexibility index (Phi) is 26.1. The van der Waals surface area contributed by atoms with Crippen LogP contribution in [-0.4, -0.2) is 102 Å². The Hall–Kier alpha value is -16.7. The first-order chi connectivity index (χ1) is 63.7. The summed E-state index contributed by atoms with van der Waals surface area (Å²) < 4.78 is 90.0. The van der Waals surface area contributed by atoms with Crippen molar-refractivity contribution in [2.24, 2.45) is 22.9 Å². The zero-order chi connectivity index (χ0) is 92.5. The second-order valence-corrected chi connectivity index (χ2v) is 31.3. The predicted octanol–water partition coefficient (Wildman–Crippen LogP) is 19.5. The third-order valence-corrected chi connectivity index (χ3v) is 21.9. The first-order valence-corrected chi connectivity index (χ1v) is 41.4. The Morgan fingerprint density at radius 2 is 0.689 bits per heavy atom. The van der Waals surface area contributed by atoms with Gasteiger partial charge in [0.05, 0.1) is 79.2 Å². The number of halogens is 8. The lowest BCUT2D eigenvalue weighted by Crippen LogP contribution is -2.19. The van der Waals surface area contributed by atoms with Gasteiger partial charge in [-0.15, -0.1) is 0 Å². The summed E-state index contributed by atoms with van der Waals surface area (Å²) in [5.74, 6) is -4.52. The normalized spacial score (nSPS) is 11.1. The van der Waals surface area contributed by atoms with Crippen LogP contribution < -0.4 is 22.9 Å². The molecule has 20 aromatic rings. The van der Waals surface area contributed by atoms with Crippen molar-refractivity contribution in [2.45, 2.75) is 47.0 Å². The lowest BCUT2D eigenvalue weighted by Gasteiger charge is -2.11. The van der Waals surface area contributed by atoms with Crippen molar-refractivity contribution in [3.63, 3.8) is 0 Å². The van der Waals surface area contributed by atoms with Gasteiger partial charge in [-0.3, -0.25) is 62.8 Å². The summed E-state index contributed by atoms with van der Waals surface area (Å²) in [5.41, 5.74) is 42.4. The summed E-state index contributed by atoms with van der Waals surface area (Å²) in [6.07, 6.45) is 18.5. The van der Waals surface area contributed by atoms with Gasteiger partial charge in [0, 0.05) is 132 Å². The van der Waals surface area contributed by atoms with Gasteiger partial charge in [-0.1, -0.05) is 89.9 Å². The van der Waals surface area contributed by atoms with Crippen LogP contribution in [0, 0.1) is 55.7 Å². The van der Waals surface area contributed by atoms with E-state index in [1.165, 1.54) is 41.3 Å². The molecule has 32 heteroatoms. The molecule has 0 fully saturated rings. The topological polar surface area (TPSA) is 338 Å². The molecule has 0 saturated heterocycles. The number of aromatic nitrogens is 16. The Morgan fingerprint density at radius 1 is 0.311 bits per heavy atom. The van der Waals surface area contributed by atoms with Crippen LogP contribution in [0.2, 0.25) is 10.0 Å². The Morgan fingerprint density at radius 3 is 1.14 bits per heavy atom. The standard InChI is InChI=1S/3C21H17FN4O.C20H14ClFN4O.C17H9ClF2N4/c1-13-9-15(4-6-18(13)22)21-17(3-2-8-24-21)14-5-7-19-16(10-14)11-26(25-19)12-20(23)27;1-13-9-15(4-6-18(13)22)21-17(3-2-8-24-21)14-5-7-19-16(10-14)11-25-26(19)12-20(23)27;1-13-9-15(6-7-18(13)22)21-17(3-2-8-24-21)14-4-5-16-11-25-26(12-20(23)27)19(16)10-14;21-16-8-13(5-6-17(16)22)20-15(2-1-7-24-20)12-3-4-14-10-25-26(11-19(23)27)18(14)9-12;18-13-6-12(14(19)7-15(13)20)17-11(2-1-5-21-17)10-3-4-16-22-9-23-24(16)8-10/h3*2-11H,12H2,1H3,(H2,23,27);1-10H,11H2,(H2,23,27);1-9H. The number of hydrogen-bond donors (Lipinski definition) is 4. The number of carbonyl (C=O) groups excluding carboxylic acids is 4. The summed E-state index contributed by atoms with van der Waals surface area (Å²) in [7, 11) is 0. The number of fused-ring (bicyclic) bond motifs is 5. The highest BCUT2D eigenvalue weighted by molar-refractivity contribution is 6.31. The first kappa shape index (κ1) is 88.7. The van der Waals surface area contributed by atoms with Gasteiger partial charge in [0.1, 0.15) is 67.4 Å². The first-order valence-electron chi connectivity index (χ1n) is 40.7. The van der Waals surface area contributed by atoms with E-state index in [-0.39, 0.29) is 59.2 Å². The highest BCUT2D eigenvalue weighted by atomic mass is 35.5. The van der Waals surface area contributed by atoms with Crippen molar-refractivity contribution in [1.29, 1.82) is 0 Å². The van der Waals surface area contributed by atoms with E-state index < -0.39 is 41.1 Å². The molecule has 0 aliphatic carbocycles. The van der Waals surface area contributed by atoms with Crippen molar-refractivity contribution in [1.82, 2.24) is 78.6 Å². The fraction of sp³-hybridized carbons (Fsp3) is 0.0700. The second-order valence-electron chi connectivity index (χ2n) is 30.4. The zero-order valence-electron chi connectivity index (χ0n) is 70.2. The fourth-order valence-corrected chi connectivity index (χ4v) is 15.4. The molecule has 0 spiro atoms. The number of nitrogens with two attached hydrogens (primary N) is 4. The molecule has 0 atom stereocenters. The maximum atomic E-state index is 14.2. The van der Waals surface area contributed by atoms with Gasteiger partial charge in [0.2, 0.25) is 23.6 Å². The van der Waals surface area contributed by atoms with Crippen molar-refractivity contribution in [3.05, 3.63) is 360 Å². The molecular formula is C100H74Cl2F6N20O4. The smallest absolute Gasteiger partial charge is 0.239 e. The number of hydrogen-bond acceptors (Lipinski definition) is 15. The van der Waals surface area contributed by atoms with Crippen molar-refractivity contribution < 1.29 is 45.5 Å². The van der Waals surface area contributed by atoms with Gasteiger partial charge in [-0.25, -0.2) is 35.8 Å². The number of pyridine rings is 6. The summed E-state index contributed by atoms with van der Waals surface area (Å²) in [5, 5.41) is 24.6. The molecule has 11 heterocycles. The van der Waals surface area contributed by atoms with Crippen LogP contribution in [0.5, 0.6) is 0 Å². The number of primary amides is 4. The van der Waals surface area contributed by atoms with Gasteiger partial charge in [0.25, 0.3) is 0 Å². The minimum Gasteiger partial charge on any atom is -0.368 e. The van der Waals surface area contributed by atoms with Crippen LogP contribution in [0.15, 0.2) is 299 Å². The number of amides is 4. The quantitative estimate of drug-likeness (QED) is 0.0458. The Bertz CT molecular complexity index is 7560. The van der Waals surface area contributed by atoms with E-state index in [1.807, 2.05) is 127 Å². The summed E-state index contributed by atoms with van der Waals surface area (Å²) >= 11 is 11.7. The molecule has 9 aromatic carbocycles. The molecule has 654 valence electrons. The van der Waals surface area contributed by atoms with Crippen LogP contribution in [0.1, 0.15) is 16.7 Å². The summed E-state index contributed by atoms with van der Waals surface area (Å²) in [6.45, 7) is 5.30. The summed E-state index contributed by atoms with van der Waals surface area (Å²) in [6, 6.07) is 67.3. The SMILES string of the molecule is Cc1cc(-c2ncccc2-c2ccc3c(cnn3CC(N)=O)c2)ccc1F.Cc1cc(-c2ncccc2-c2ccc3cnn(CC(N)=O)c3c2)ccc1F.Cc1cc(-c2ncccc2-c2ccc3nn(CC(N)=O)cc3c2)ccc1F.Fc1cc(F)c(-c2ncccc2-c2ccc3ncnn3c2)cc1Cl.NC(=O)Cn1ncc2ccc(-c3cccnc3-c3ccc(F)c(Cl)c3)cc21. The maximum absolute atomic E-state index is 14.2. The molecule has 0 saturated carbocycles. The minimum absolute atomic E-state index is 0.000417. The Balaban J connectivity index is 0.000000120. The molecule has 0 unspecified atom stereocenters. The molecule has 20 rings (SSSR count). The third kappa shape index (κ3) is 19.8. The Labute approximate surface area is 758 Å². The van der Waals surface area contributed by atoms with Gasteiger partial charge >= 0.3 is 0 Å². The number of rotatable bonds is 18. The third-order valence-electron chi connectivity index (χ3n) is 21.3. The van der Waals surface area contributed by atoms with E-state index in [9.17, 15) is 45.5 Å². The van der Waals surface area contributed by atoms with E-state index >= 15 is 0 Å². The van der Waals surface area contributed by atoms with Gasteiger partial charge in [-0.2, -0.15) is 25.5 Å². The van der Waals surface area contributed by atoms with Crippen molar-refractivity contribution in [2.75, 3.05) is 0 Å². The highest BCUT2D eigenvalue weighted by Crippen LogP contribution is 2.40. The second kappa shape index (κ2) is 38.8. The lowest BCUT2D eigenvalue weighted by atomic mass is 9.97. The van der Waals surface area contributed by atoms with E-state index in [4.69, 9.17) is 46.1 Å². The average Bonchev–Trinajstić information content (AvgIpc) is 1.15. The molecule has 0 aliphatic heterocycles. The largest absolute Gasteiger partial charge is 0.368 e. The number of carbonyl (C=O) groups is 4. The van der Waals surface area contributed by atoms with Crippen LogP contribution in [0.4, 0.5) is 26.3 Å². The molecule has 0 aliphatic rings. The molecule has 0 radical (unpaired) electrons. The predicted molar refractivity (Wildman–Crippen MR) is 496 cm³/mol. The van der Waals surface area contributed by atoms with Gasteiger partial charge in [-0.05, 0) is 217 Å². The van der Waals surface area contributed by atoms with E-state index in [1.54, 1.807) is 168 Å². The zero-order valence-corrected chi connectivity index (χ0v) is 71.8. The molecule has 4 amide bonds. The lowest BCUT2D eigenvalue weighted by molar-refractivity contribution is -0.119. The van der Waals surface area contributed by atoms with Gasteiger partial charge in [0.15, 0.2) is 5.65 Å². The molecule has 8 N–H and O–H groups in total. The average molecular weight is 1800 g/mol. The number of aryl methyl sites for hydroxylation is 3. The van der Waals surface area contributed by atoms with E-state index in [0.717, 1.165) is 134 Å². The van der Waals surface area contributed by atoms with E-state index in [2.05, 4.69) is 55.4 Å². The number of nitrogens with zero attached hydrogens (tertiary/aromatic N) is 16.